The number of benzene rings is 3. The lowest BCUT2D eigenvalue weighted by Crippen LogP contribution is -2.51. The van der Waals surface area contributed by atoms with E-state index < -0.39 is 28.5 Å². The number of hydrogen-bond acceptors (Lipinski definition) is 4. The topological polar surface area (TPSA) is 86.8 Å². The van der Waals surface area contributed by atoms with E-state index in [-0.39, 0.29) is 23.0 Å². The highest BCUT2D eigenvalue weighted by Gasteiger charge is 2.32. The van der Waals surface area contributed by atoms with Crippen molar-refractivity contribution in [3.63, 3.8) is 0 Å². The molecule has 0 aliphatic heterocycles. The second-order valence-corrected chi connectivity index (χ2v) is 11.5. The zero-order valence-electron chi connectivity index (χ0n) is 22.1. The van der Waals surface area contributed by atoms with Gasteiger partial charge in [-0.3, -0.25) is 13.9 Å². The lowest BCUT2D eigenvalue weighted by Gasteiger charge is -2.32. The summed E-state index contributed by atoms with van der Waals surface area (Å²) in [4.78, 5) is 28.3. The predicted molar refractivity (Wildman–Crippen MR) is 152 cm³/mol. The molecular weight excluding hydrogens is 522 g/mol. The van der Waals surface area contributed by atoms with Crippen LogP contribution >= 0.6 is 11.6 Å². The lowest BCUT2D eigenvalue weighted by atomic mass is 10.1. The number of carbonyl (C=O) groups excluding carboxylic acids is 2. The Labute approximate surface area is 230 Å². The summed E-state index contributed by atoms with van der Waals surface area (Å²) in [5.74, 6) is -0.812. The highest BCUT2D eigenvalue weighted by Crippen LogP contribution is 2.27. The molecule has 2 amide bonds. The molecule has 0 radical (unpaired) electrons. The Morgan fingerprint density at radius 3 is 2.29 bits per heavy atom. The van der Waals surface area contributed by atoms with Gasteiger partial charge in [-0.2, -0.15) is 0 Å². The summed E-state index contributed by atoms with van der Waals surface area (Å²) in [6, 6.07) is 19.6. The monoisotopic (exact) mass is 555 g/mol. The molecule has 0 aliphatic rings. The Morgan fingerprint density at radius 2 is 1.66 bits per heavy atom. The molecule has 202 valence electrons. The molecule has 0 fully saturated rings. The predicted octanol–water partition coefficient (Wildman–Crippen LogP) is 5.10. The number of anilines is 1. The van der Waals surface area contributed by atoms with E-state index in [2.05, 4.69) is 5.32 Å². The minimum Gasteiger partial charge on any atom is -0.354 e. The van der Waals surface area contributed by atoms with Crippen molar-refractivity contribution in [2.45, 2.75) is 51.6 Å². The molecule has 0 aromatic heterocycles. The number of aryl methyl sites for hydroxylation is 2. The van der Waals surface area contributed by atoms with Gasteiger partial charge in [-0.1, -0.05) is 66.6 Å². The van der Waals surface area contributed by atoms with Gasteiger partial charge in [0.2, 0.25) is 11.8 Å². The van der Waals surface area contributed by atoms with Crippen LogP contribution in [0.2, 0.25) is 5.02 Å². The molecule has 3 aromatic carbocycles. The minimum absolute atomic E-state index is 0.0510. The second-order valence-electron chi connectivity index (χ2n) is 9.22. The van der Waals surface area contributed by atoms with Gasteiger partial charge in [0.1, 0.15) is 12.6 Å². The molecule has 1 N–H and O–H groups in total. The summed E-state index contributed by atoms with van der Waals surface area (Å²) in [5.41, 5.74) is 2.99. The number of amides is 2. The van der Waals surface area contributed by atoms with Crippen molar-refractivity contribution in [3.05, 3.63) is 94.5 Å². The molecule has 0 saturated heterocycles. The van der Waals surface area contributed by atoms with E-state index >= 15 is 0 Å². The van der Waals surface area contributed by atoms with Crippen molar-refractivity contribution in [2.24, 2.45) is 0 Å². The SMILES string of the molecule is CCCNC(=O)[C@@H](C)N(Cc1ccccc1C)C(=O)CN(c1cccc(Cl)c1)S(=O)(=O)c1ccc(C)cc1. The maximum atomic E-state index is 13.9. The van der Waals surface area contributed by atoms with Crippen molar-refractivity contribution >= 4 is 39.1 Å². The molecule has 1 atom stereocenters. The van der Waals surface area contributed by atoms with Crippen LogP contribution in [0.1, 0.15) is 37.0 Å². The van der Waals surface area contributed by atoms with Gasteiger partial charge in [-0.25, -0.2) is 8.42 Å². The van der Waals surface area contributed by atoms with Crippen molar-refractivity contribution in [3.8, 4) is 0 Å². The van der Waals surface area contributed by atoms with Crippen LogP contribution in [0.4, 0.5) is 5.69 Å². The number of sulfonamides is 1. The van der Waals surface area contributed by atoms with Crippen molar-refractivity contribution in [2.75, 3.05) is 17.4 Å². The highest BCUT2D eigenvalue weighted by atomic mass is 35.5. The molecule has 0 saturated carbocycles. The Morgan fingerprint density at radius 1 is 0.974 bits per heavy atom. The summed E-state index contributed by atoms with van der Waals surface area (Å²) < 4.78 is 28.7. The summed E-state index contributed by atoms with van der Waals surface area (Å²) in [6.07, 6.45) is 0.752. The average molecular weight is 556 g/mol. The van der Waals surface area contributed by atoms with Crippen LogP contribution in [0.15, 0.2) is 77.7 Å². The number of nitrogens with one attached hydrogen (secondary N) is 1. The summed E-state index contributed by atoms with van der Waals surface area (Å²) in [7, 11) is -4.13. The first-order valence-electron chi connectivity index (χ1n) is 12.5. The number of rotatable bonds is 11. The third-order valence-corrected chi connectivity index (χ3v) is 8.33. The van der Waals surface area contributed by atoms with Crippen LogP contribution in [0.25, 0.3) is 0 Å². The van der Waals surface area contributed by atoms with Gasteiger partial charge >= 0.3 is 0 Å². The van der Waals surface area contributed by atoms with Crippen LogP contribution in [-0.2, 0) is 26.2 Å². The van der Waals surface area contributed by atoms with E-state index in [0.717, 1.165) is 27.4 Å². The van der Waals surface area contributed by atoms with Gasteiger partial charge in [0.25, 0.3) is 10.0 Å². The maximum absolute atomic E-state index is 13.9. The Kier molecular flexibility index (Phi) is 9.94. The maximum Gasteiger partial charge on any atom is 0.264 e. The largest absolute Gasteiger partial charge is 0.354 e. The third kappa shape index (κ3) is 7.14. The molecule has 3 rings (SSSR count). The molecule has 0 unspecified atom stereocenters. The van der Waals surface area contributed by atoms with E-state index in [1.165, 1.54) is 23.1 Å². The normalized spacial score (nSPS) is 12.0. The van der Waals surface area contributed by atoms with Gasteiger partial charge in [0.05, 0.1) is 10.6 Å². The fourth-order valence-corrected chi connectivity index (χ4v) is 5.54. The molecule has 0 spiro atoms. The quantitative estimate of drug-likeness (QED) is 0.357. The number of nitrogens with zero attached hydrogens (tertiary/aromatic N) is 2. The van der Waals surface area contributed by atoms with Crippen molar-refractivity contribution in [1.29, 1.82) is 0 Å². The van der Waals surface area contributed by atoms with Gasteiger partial charge < -0.3 is 10.2 Å². The van der Waals surface area contributed by atoms with Crippen molar-refractivity contribution in [1.82, 2.24) is 10.2 Å². The van der Waals surface area contributed by atoms with Crippen LogP contribution in [0, 0.1) is 13.8 Å². The third-order valence-electron chi connectivity index (χ3n) is 6.30. The van der Waals surface area contributed by atoms with Crippen LogP contribution < -0.4 is 9.62 Å². The second kappa shape index (κ2) is 12.9. The van der Waals surface area contributed by atoms with Crippen LogP contribution in [0.3, 0.4) is 0 Å². The molecule has 9 heteroatoms. The average Bonchev–Trinajstić information content (AvgIpc) is 2.89. The molecule has 0 bridgehead atoms. The van der Waals surface area contributed by atoms with Crippen LogP contribution in [0.5, 0.6) is 0 Å². The molecular formula is C29H34ClN3O4S. The number of hydrogen-bond donors (Lipinski definition) is 1. The highest BCUT2D eigenvalue weighted by molar-refractivity contribution is 7.92. The van der Waals surface area contributed by atoms with Crippen LogP contribution in [-0.4, -0.2) is 44.3 Å². The fourth-order valence-electron chi connectivity index (χ4n) is 3.95. The zero-order valence-corrected chi connectivity index (χ0v) is 23.7. The fraction of sp³-hybridized carbons (Fsp3) is 0.310. The Hall–Kier alpha value is -3.36. The number of carbonyl (C=O) groups is 2. The lowest BCUT2D eigenvalue weighted by molar-refractivity contribution is -0.139. The van der Waals surface area contributed by atoms with Gasteiger partial charge in [-0.15, -0.1) is 0 Å². The van der Waals surface area contributed by atoms with E-state index in [4.69, 9.17) is 11.6 Å². The summed E-state index contributed by atoms with van der Waals surface area (Å²) >= 11 is 6.20. The Balaban J connectivity index is 2.03. The van der Waals surface area contributed by atoms with Gasteiger partial charge in [0, 0.05) is 18.1 Å². The van der Waals surface area contributed by atoms with Gasteiger partial charge in [0.15, 0.2) is 0 Å². The standard InChI is InChI=1S/C29H34ClN3O4S/c1-5-17-31-29(35)23(4)32(19-24-10-7-6-9-22(24)3)28(34)20-33(26-12-8-11-25(30)18-26)38(36,37)27-15-13-21(2)14-16-27/h6-16,18,23H,5,17,19-20H2,1-4H3,(H,31,35)/t23-/m1/s1. The molecule has 3 aromatic rings. The molecule has 0 heterocycles. The van der Waals surface area contributed by atoms with Crippen molar-refractivity contribution < 1.29 is 18.0 Å². The first kappa shape index (κ1) is 29.2. The number of halogens is 1. The molecule has 38 heavy (non-hydrogen) atoms. The molecule has 0 aliphatic carbocycles. The first-order chi connectivity index (χ1) is 18.0. The van der Waals surface area contributed by atoms with E-state index in [0.29, 0.717) is 11.6 Å². The smallest absolute Gasteiger partial charge is 0.264 e. The summed E-state index contributed by atoms with van der Waals surface area (Å²) in [6.45, 7) is 7.52. The van der Waals surface area contributed by atoms with E-state index in [1.807, 2.05) is 45.0 Å². The van der Waals surface area contributed by atoms with E-state index in [9.17, 15) is 18.0 Å². The minimum atomic E-state index is -4.13. The van der Waals surface area contributed by atoms with Gasteiger partial charge in [-0.05, 0) is 68.7 Å². The van der Waals surface area contributed by atoms with E-state index in [1.54, 1.807) is 37.3 Å². The molecule has 7 nitrogen and oxygen atoms in total. The zero-order chi connectivity index (χ0) is 27.9. The first-order valence-corrected chi connectivity index (χ1v) is 14.3. The Bertz CT molecular complexity index is 1380. The summed E-state index contributed by atoms with van der Waals surface area (Å²) in [5, 5.41) is 3.18.